The zero-order valence-corrected chi connectivity index (χ0v) is 13.8. The number of hydrogen-bond acceptors (Lipinski definition) is 3. The van der Waals surface area contributed by atoms with Crippen molar-refractivity contribution in [2.75, 3.05) is 0 Å². The summed E-state index contributed by atoms with van der Waals surface area (Å²) in [5.41, 5.74) is 1.17. The molecule has 122 valence electrons. The predicted molar refractivity (Wildman–Crippen MR) is 92.5 cm³/mol. The number of nitrogens with zero attached hydrogens (tertiary/aromatic N) is 1. The second kappa shape index (κ2) is 6.95. The summed E-state index contributed by atoms with van der Waals surface area (Å²) in [5, 5.41) is 3.62. The molecule has 0 radical (unpaired) electrons. The first-order valence-electron chi connectivity index (χ1n) is 7.05. The lowest BCUT2D eigenvalue weighted by Crippen LogP contribution is -2.28. The van der Waals surface area contributed by atoms with Gasteiger partial charge in [0.15, 0.2) is 0 Å². The van der Waals surface area contributed by atoms with E-state index in [1.165, 1.54) is 6.07 Å². The first-order chi connectivity index (χ1) is 11.5. The Morgan fingerprint density at radius 3 is 2.54 bits per heavy atom. The van der Waals surface area contributed by atoms with Crippen molar-refractivity contribution < 1.29 is 9.32 Å². The fourth-order valence-electron chi connectivity index (χ4n) is 2.20. The van der Waals surface area contributed by atoms with E-state index in [0.717, 1.165) is 4.74 Å². The lowest BCUT2D eigenvalue weighted by molar-refractivity contribution is 0.208. The van der Waals surface area contributed by atoms with Gasteiger partial charge in [-0.2, -0.15) is 0 Å². The maximum Gasteiger partial charge on any atom is 0.358 e. The molecular formula is C17H12Cl2N2O3. The molecule has 3 rings (SSSR count). The van der Waals surface area contributed by atoms with E-state index in [-0.39, 0.29) is 6.54 Å². The fraction of sp³-hybridized carbons (Fsp3) is 0.0588. The highest BCUT2D eigenvalue weighted by molar-refractivity contribution is 6.35. The Morgan fingerprint density at radius 1 is 1.08 bits per heavy atom. The molecule has 0 fully saturated rings. The molecule has 0 saturated heterocycles. The van der Waals surface area contributed by atoms with Gasteiger partial charge < -0.3 is 9.84 Å². The highest BCUT2D eigenvalue weighted by Crippen LogP contribution is 2.21. The quantitative estimate of drug-likeness (QED) is 0.760. The van der Waals surface area contributed by atoms with Gasteiger partial charge in [0.05, 0.1) is 6.07 Å². The minimum atomic E-state index is -0.603. The maximum atomic E-state index is 12.4. The number of halogens is 2. The smallest absolute Gasteiger partial charge is 0.331 e. The standard InChI is InChI=1S/C17H12Cl2N2O3/c18-13-7-6-12(14(19)8-13)10-20-17(23)21-15(9-16(22)24-21)11-4-2-1-3-5-11/h1-9H,10H2,(H,20,23). The average Bonchev–Trinajstić information content (AvgIpc) is 2.96. The fourth-order valence-corrected chi connectivity index (χ4v) is 2.68. The van der Waals surface area contributed by atoms with Gasteiger partial charge in [0.2, 0.25) is 0 Å². The van der Waals surface area contributed by atoms with Gasteiger partial charge in [0.1, 0.15) is 5.69 Å². The van der Waals surface area contributed by atoms with Crippen molar-refractivity contribution >= 4 is 29.2 Å². The van der Waals surface area contributed by atoms with Gasteiger partial charge in [0.25, 0.3) is 0 Å². The van der Waals surface area contributed by atoms with Gasteiger partial charge in [-0.05, 0) is 17.7 Å². The van der Waals surface area contributed by atoms with E-state index in [0.29, 0.717) is 26.9 Å². The van der Waals surface area contributed by atoms with Crippen molar-refractivity contribution in [3.63, 3.8) is 0 Å². The van der Waals surface area contributed by atoms with Crippen LogP contribution in [0, 0.1) is 0 Å². The molecule has 5 nitrogen and oxygen atoms in total. The number of hydrogen-bond donors (Lipinski definition) is 1. The highest BCUT2D eigenvalue weighted by Gasteiger charge is 2.16. The van der Waals surface area contributed by atoms with Gasteiger partial charge in [0, 0.05) is 22.2 Å². The van der Waals surface area contributed by atoms with Crippen molar-refractivity contribution in [1.82, 2.24) is 10.1 Å². The van der Waals surface area contributed by atoms with Crippen LogP contribution in [0.2, 0.25) is 10.0 Å². The Hall–Kier alpha value is -2.50. The molecule has 0 bridgehead atoms. The molecule has 2 aromatic carbocycles. The first kappa shape index (κ1) is 16.4. The van der Waals surface area contributed by atoms with Gasteiger partial charge in [-0.15, -0.1) is 4.74 Å². The number of carbonyl (C=O) groups is 1. The molecule has 0 spiro atoms. The van der Waals surface area contributed by atoms with Crippen LogP contribution in [0.25, 0.3) is 11.3 Å². The van der Waals surface area contributed by atoms with E-state index in [4.69, 9.17) is 27.7 Å². The van der Waals surface area contributed by atoms with Crippen molar-refractivity contribution in [1.29, 1.82) is 0 Å². The third-order valence-corrected chi connectivity index (χ3v) is 3.94. The van der Waals surface area contributed by atoms with Crippen LogP contribution in [-0.4, -0.2) is 10.8 Å². The van der Waals surface area contributed by atoms with Crippen LogP contribution < -0.4 is 10.9 Å². The number of aromatic nitrogens is 1. The summed E-state index contributed by atoms with van der Waals surface area (Å²) in [6, 6.07) is 14.7. The summed E-state index contributed by atoms with van der Waals surface area (Å²) in [7, 11) is 0. The van der Waals surface area contributed by atoms with Crippen LogP contribution in [0.1, 0.15) is 5.56 Å². The molecule has 24 heavy (non-hydrogen) atoms. The van der Waals surface area contributed by atoms with E-state index in [2.05, 4.69) is 5.32 Å². The van der Waals surface area contributed by atoms with Gasteiger partial charge >= 0.3 is 11.7 Å². The molecule has 0 aliphatic rings. The molecular weight excluding hydrogens is 351 g/mol. The van der Waals surface area contributed by atoms with Gasteiger partial charge in [-0.25, -0.2) is 9.59 Å². The molecule has 1 heterocycles. The van der Waals surface area contributed by atoms with E-state index < -0.39 is 11.7 Å². The molecule has 0 unspecified atom stereocenters. The Kier molecular flexibility index (Phi) is 4.74. The third-order valence-electron chi connectivity index (χ3n) is 3.35. The zero-order chi connectivity index (χ0) is 17.1. The minimum Gasteiger partial charge on any atom is -0.331 e. The second-order valence-electron chi connectivity index (χ2n) is 4.99. The van der Waals surface area contributed by atoms with Crippen LogP contribution in [-0.2, 0) is 6.54 Å². The van der Waals surface area contributed by atoms with Crippen LogP contribution in [0.15, 0.2) is 63.9 Å². The minimum absolute atomic E-state index is 0.172. The lowest BCUT2D eigenvalue weighted by atomic mass is 10.1. The largest absolute Gasteiger partial charge is 0.358 e. The number of benzene rings is 2. The molecule has 7 heteroatoms. The summed E-state index contributed by atoms with van der Waals surface area (Å²) in [6.45, 7) is 0.172. The van der Waals surface area contributed by atoms with E-state index in [1.807, 2.05) is 18.2 Å². The normalized spacial score (nSPS) is 10.6. The van der Waals surface area contributed by atoms with E-state index in [1.54, 1.807) is 30.3 Å². The van der Waals surface area contributed by atoms with Crippen LogP contribution in [0.3, 0.4) is 0 Å². The van der Waals surface area contributed by atoms with E-state index >= 15 is 0 Å². The average molecular weight is 363 g/mol. The van der Waals surface area contributed by atoms with Gasteiger partial charge in [-0.1, -0.05) is 59.6 Å². The summed E-state index contributed by atoms with van der Waals surface area (Å²) < 4.78 is 5.90. The van der Waals surface area contributed by atoms with Crippen molar-refractivity contribution in [3.8, 4) is 11.3 Å². The molecule has 1 amide bonds. The van der Waals surface area contributed by atoms with Crippen molar-refractivity contribution in [3.05, 3.63) is 80.6 Å². The molecule has 0 saturated carbocycles. The monoisotopic (exact) mass is 362 g/mol. The number of rotatable bonds is 3. The van der Waals surface area contributed by atoms with Crippen LogP contribution >= 0.6 is 23.2 Å². The lowest BCUT2D eigenvalue weighted by Gasteiger charge is -2.09. The van der Waals surface area contributed by atoms with Crippen LogP contribution in [0.4, 0.5) is 4.79 Å². The highest BCUT2D eigenvalue weighted by atomic mass is 35.5. The Morgan fingerprint density at radius 2 is 1.83 bits per heavy atom. The second-order valence-corrected chi connectivity index (χ2v) is 5.84. The predicted octanol–water partition coefficient (Wildman–Crippen LogP) is 4.17. The SMILES string of the molecule is O=C(NCc1ccc(Cl)cc1Cl)n1oc(=O)cc1-c1ccccc1. The van der Waals surface area contributed by atoms with Crippen LogP contribution in [0.5, 0.6) is 0 Å². The Balaban J connectivity index is 1.82. The van der Waals surface area contributed by atoms with E-state index in [9.17, 15) is 9.59 Å². The zero-order valence-electron chi connectivity index (χ0n) is 12.3. The van der Waals surface area contributed by atoms with Gasteiger partial charge in [-0.3, -0.25) is 0 Å². The van der Waals surface area contributed by atoms with Crippen molar-refractivity contribution in [2.24, 2.45) is 0 Å². The Bertz CT molecular complexity index is 933. The molecule has 0 aliphatic heterocycles. The summed E-state index contributed by atoms with van der Waals surface area (Å²) in [6.07, 6.45) is 0. The topological polar surface area (TPSA) is 64.2 Å². The van der Waals surface area contributed by atoms with Crippen molar-refractivity contribution in [2.45, 2.75) is 6.54 Å². The molecule has 1 aromatic heterocycles. The number of nitrogens with one attached hydrogen (secondary N) is 1. The maximum absolute atomic E-state index is 12.4. The summed E-state index contributed by atoms with van der Waals surface area (Å²) >= 11 is 11.9. The molecule has 3 aromatic rings. The summed E-state index contributed by atoms with van der Waals surface area (Å²) in [4.78, 5) is 23.9. The Labute approximate surface area is 147 Å². The molecule has 0 atom stereocenters. The number of amides is 1. The molecule has 0 aliphatic carbocycles. The molecule has 1 N–H and O–H groups in total. The number of carbonyl (C=O) groups excluding carboxylic acids is 1. The summed E-state index contributed by atoms with van der Waals surface area (Å²) in [5.74, 6) is 0. The third kappa shape index (κ3) is 3.53. The first-order valence-corrected chi connectivity index (χ1v) is 7.81.